The van der Waals surface area contributed by atoms with Gasteiger partial charge in [-0.05, 0) is 24.3 Å². The van der Waals surface area contributed by atoms with E-state index in [2.05, 4.69) is 9.97 Å². The predicted molar refractivity (Wildman–Crippen MR) is 101 cm³/mol. The van der Waals surface area contributed by atoms with E-state index in [1.54, 1.807) is 0 Å². The van der Waals surface area contributed by atoms with Gasteiger partial charge in [0.1, 0.15) is 22.9 Å². The average Bonchev–Trinajstić information content (AvgIpc) is 3.26. The zero-order chi connectivity index (χ0) is 21.1. The highest BCUT2D eigenvalue weighted by atomic mass is 35.5. The van der Waals surface area contributed by atoms with Gasteiger partial charge in [0, 0.05) is 30.0 Å². The Morgan fingerprint density at radius 3 is 1.62 bits per heavy atom. The molecule has 6 nitrogen and oxygen atoms in total. The second-order valence-electron chi connectivity index (χ2n) is 5.74. The lowest BCUT2D eigenvalue weighted by molar-refractivity contribution is 0.569. The molecule has 0 fully saturated rings. The van der Waals surface area contributed by atoms with Crippen molar-refractivity contribution in [2.24, 2.45) is 0 Å². The van der Waals surface area contributed by atoms with E-state index in [1.165, 1.54) is 35.8 Å². The number of nitrogens with zero attached hydrogens (tertiary/aromatic N) is 4. The normalized spacial score (nSPS) is 10.5. The minimum absolute atomic E-state index is 0.0277. The number of aromatic nitrogens is 4. The highest BCUT2D eigenvalue weighted by molar-refractivity contribution is 6.29. The van der Waals surface area contributed by atoms with Crippen LogP contribution in [-0.2, 0) is 0 Å². The topological polar surface area (TPSA) is 87.7 Å². The van der Waals surface area contributed by atoms with Gasteiger partial charge in [-0.2, -0.15) is 0 Å². The van der Waals surface area contributed by atoms with E-state index in [4.69, 9.17) is 23.1 Å². The first-order valence-corrected chi connectivity index (χ1v) is 8.31. The van der Waals surface area contributed by atoms with Crippen LogP contribution in [-0.4, -0.2) is 19.1 Å². The highest BCUT2D eigenvalue weighted by Gasteiger charge is 2.13. The van der Waals surface area contributed by atoms with Crippen molar-refractivity contribution in [2.45, 2.75) is 0 Å². The highest BCUT2D eigenvalue weighted by Crippen LogP contribution is 2.22. The lowest BCUT2D eigenvalue weighted by Gasteiger charge is -2.06. The minimum Gasteiger partial charge on any atom is -0.399 e. The Kier molecular flexibility index (Phi) is 5.74. The van der Waals surface area contributed by atoms with E-state index in [0.29, 0.717) is 0 Å². The van der Waals surface area contributed by atoms with Crippen LogP contribution in [0, 0.1) is 23.3 Å². The van der Waals surface area contributed by atoms with Gasteiger partial charge in [-0.25, -0.2) is 27.5 Å². The molecule has 0 saturated carbocycles. The number of imidazole rings is 2. The minimum atomic E-state index is -0.762. The van der Waals surface area contributed by atoms with Crippen molar-refractivity contribution < 1.29 is 17.6 Å². The molecule has 2 heterocycles. The van der Waals surface area contributed by atoms with E-state index in [0.717, 1.165) is 28.8 Å². The number of halogens is 5. The number of hydrogen-bond acceptors (Lipinski definition) is 4. The third-order valence-electron chi connectivity index (χ3n) is 3.65. The molecule has 29 heavy (non-hydrogen) atoms. The molecule has 0 aliphatic carbocycles. The quantitative estimate of drug-likeness (QED) is 0.374. The molecule has 4 aromatic rings. The first kappa shape index (κ1) is 20.2. The zero-order valence-corrected chi connectivity index (χ0v) is 15.3. The molecule has 4 N–H and O–H groups in total. The molecule has 2 aromatic heterocycles. The van der Waals surface area contributed by atoms with Crippen molar-refractivity contribution in [1.29, 1.82) is 0 Å². The molecule has 0 bridgehead atoms. The Morgan fingerprint density at radius 1 is 0.759 bits per heavy atom. The van der Waals surface area contributed by atoms with Crippen LogP contribution in [0.15, 0.2) is 55.5 Å². The van der Waals surface area contributed by atoms with Crippen LogP contribution in [0.2, 0.25) is 5.15 Å². The Bertz CT molecular complexity index is 1100. The maximum absolute atomic E-state index is 13.4. The Hall–Kier alpha value is -3.53. The van der Waals surface area contributed by atoms with Crippen molar-refractivity contribution >= 4 is 23.0 Å². The van der Waals surface area contributed by atoms with Gasteiger partial charge >= 0.3 is 0 Å². The van der Waals surface area contributed by atoms with Gasteiger partial charge in [0.05, 0.1) is 6.33 Å². The molecule has 0 aliphatic heterocycles. The van der Waals surface area contributed by atoms with Crippen LogP contribution in [0.25, 0.3) is 11.4 Å². The smallest absolute Gasteiger partial charge is 0.152 e. The first-order valence-electron chi connectivity index (χ1n) is 7.93. The molecule has 0 spiro atoms. The Labute approximate surface area is 167 Å². The number of nitrogen functional groups attached to an aromatic ring is 2. The molecule has 0 saturated heterocycles. The van der Waals surface area contributed by atoms with Gasteiger partial charge in [-0.15, -0.1) is 0 Å². The van der Waals surface area contributed by atoms with Crippen molar-refractivity contribution in [2.75, 3.05) is 11.5 Å². The summed E-state index contributed by atoms with van der Waals surface area (Å²) in [6, 6.07) is 4.20. The second kappa shape index (κ2) is 8.23. The number of hydrogen-bond donors (Lipinski definition) is 2. The van der Waals surface area contributed by atoms with E-state index in [-0.39, 0.29) is 27.9 Å². The van der Waals surface area contributed by atoms with Crippen LogP contribution < -0.4 is 11.5 Å². The van der Waals surface area contributed by atoms with Crippen molar-refractivity contribution in [3.63, 3.8) is 0 Å². The summed E-state index contributed by atoms with van der Waals surface area (Å²) in [5, 5.41) is 0.158. The van der Waals surface area contributed by atoms with Gasteiger partial charge in [0.25, 0.3) is 0 Å². The average molecular weight is 425 g/mol. The summed E-state index contributed by atoms with van der Waals surface area (Å²) >= 11 is 5.54. The lowest BCUT2D eigenvalue weighted by atomic mass is 10.2. The monoisotopic (exact) mass is 424 g/mol. The molecule has 0 aliphatic rings. The molecule has 11 heteroatoms. The van der Waals surface area contributed by atoms with Gasteiger partial charge in [-0.3, -0.25) is 4.57 Å². The van der Waals surface area contributed by atoms with Gasteiger partial charge in [0.2, 0.25) is 0 Å². The Balaban J connectivity index is 0.000000166. The number of rotatable bonds is 2. The largest absolute Gasteiger partial charge is 0.399 e. The molecule has 0 unspecified atom stereocenters. The second-order valence-corrected chi connectivity index (χ2v) is 6.13. The van der Waals surface area contributed by atoms with E-state index in [9.17, 15) is 17.6 Å². The number of benzene rings is 2. The standard InChI is InChI=1S/C9H6ClF2N3.C9H7F2N3/c10-8-3-15(4-14-8)9-6(11)1-5(13)2-7(9)12;10-7-3-6(12)4-8(11)9(7)14-2-1-13-5-14/h1-4H,13H2;1-5H,12H2. The molecule has 4 rings (SSSR count). The predicted octanol–water partition coefficient (Wildman–Crippen LogP) is 4.12. The van der Waals surface area contributed by atoms with Crippen molar-refractivity contribution in [3.05, 3.63) is 83.9 Å². The fourth-order valence-electron chi connectivity index (χ4n) is 2.48. The molecular formula is C18H13ClF4N6. The molecule has 2 aromatic carbocycles. The molecule has 0 amide bonds. The molecule has 0 atom stereocenters. The van der Waals surface area contributed by atoms with Gasteiger partial charge in [-0.1, -0.05) is 11.6 Å². The maximum Gasteiger partial charge on any atom is 0.152 e. The van der Waals surface area contributed by atoms with Gasteiger partial charge in [0.15, 0.2) is 23.3 Å². The van der Waals surface area contributed by atoms with Crippen LogP contribution >= 0.6 is 11.6 Å². The SMILES string of the molecule is Nc1cc(F)c(-n2ccnc2)c(F)c1.Nc1cc(F)c(-n2cnc(Cl)c2)c(F)c1. The van der Waals surface area contributed by atoms with Crippen LogP contribution in [0.4, 0.5) is 28.9 Å². The molecule has 150 valence electrons. The summed E-state index contributed by atoms with van der Waals surface area (Å²) in [7, 11) is 0. The van der Waals surface area contributed by atoms with E-state index in [1.807, 2.05) is 0 Å². The molecule has 0 radical (unpaired) electrons. The van der Waals surface area contributed by atoms with Crippen molar-refractivity contribution in [1.82, 2.24) is 19.1 Å². The summed E-state index contributed by atoms with van der Waals surface area (Å²) in [4.78, 5) is 7.36. The fourth-order valence-corrected chi connectivity index (χ4v) is 2.62. The summed E-state index contributed by atoms with van der Waals surface area (Å²) in [5.74, 6) is -2.94. The van der Waals surface area contributed by atoms with E-state index < -0.39 is 23.3 Å². The lowest BCUT2D eigenvalue weighted by Crippen LogP contribution is -2.00. The third kappa shape index (κ3) is 4.49. The van der Waals surface area contributed by atoms with E-state index >= 15 is 0 Å². The number of nitrogens with two attached hydrogens (primary N) is 2. The van der Waals surface area contributed by atoms with Crippen LogP contribution in [0.3, 0.4) is 0 Å². The third-order valence-corrected chi connectivity index (χ3v) is 3.85. The summed E-state index contributed by atoms with van der Waals surface area (Å²) in [5.41, 5.74) is 10.2. The van der Waals surface area contributed by atoms with Crippen LogP contribution in [0.1, 0.15) is 0 Å². The van der Waals surface area contributed by atoms with Crippen molar-refractivity contribution in [3.8, 4) is 11.4 Å². The first-order chi connectivity index (χ1) is 13.8. The van der Waals surface area contributed by atoms with Gasteiger partial charge < -0.3 is 16.0 Å². The van der Waals surface area contributed by atoms with Crippen LogP contribution in [0.5, 0.6) is 0 Å². The summed E-state index contributed by atoms with van der Waals surface area (Å²) < 4.78 is 55.8. The summed E-state index contributed by atoms with van der Waals surface area (Å²) in [6.45, 7) is 0. The molecular weight excluding hydrogens is 412 g/mol. The maximum atomic E-state index is 13.4. The number of anilines is 2. The zero-order valence-electron chi connectivity index (χ0n) is 14.5. The summed E-state index contributed by atoms with van der Waals surface area (Å²) in [6.07, 6.45) is 6.74. The Morgan fingerprint density at radius 2 is 1.24 bits per heavy atom. The fraction of sp³-hybridized carbons (Fsp3) is 0.